The van der Waals surface area contributed by atoms with Gasteiger partial charge in [-0.2, -0.15) is 0 Å². The monoisotopic (exact) mass is 379 g/mol. The number of benzene rings is 2. The number of quaternary nitrogens is 2. The van der Waals surface area contributed by atoms with Gasteiger partial charge in [0.05, 0.1) is 10.7 Å². The smallest absolute Gasteiger partial charge is 0.279 e. The highest BCUT2D eigenvalue weighted by molar-refractivity contribution is 6.33. The van der Waals surface area contributed by atoms with Crippen molar-refractivity contribution >= 4 is 34.8 Å². The molecule has 1 fully saturated rings. The maximum Gasteiger partial charge on any atom is 0.279 e. The summed E-state index contributed by atoms with van der Waals surface area (Å²) in [7, 11) is 0. The number of halogens is 2. The second kappa shape index (κ2) is 8.68. The van der Waals surface area contributed by atoms with E-state index in [1.165, 1.54) is 15.4 Å². The molecule has 0 atom stereocenters. The average Bonchev–Trinajstić information content (AvgIpc) is 2.61. The van der Waals surface area contributed by atoms with Crippen LogP contribution in [0.5, 0.6) is 0 Å². The first-order chi connectivity index (χ1) is 12.1. The molecular weight excluding hydrogens is 357 g/mol. The lowest BCUT2D eigenvalue weighted by molar-refractivity contribution is -1.02. The Morgan fingerprint density at radius 3 is 2.16 bits per heavy atom. The van der Waals surface area contributed by atoms with Gasteiger partial charge in [0.15, 0.2) is 6.54 Å². The Balaban J connectivity index is 1.45. The number of anilines is 1. The van der Waals surface area contributed by atoms with Gasteiger partial charge in [-0.05, 0) is 18.2 Å². The molecule has 3 rings (SSSR count). The van der Waals surface area contributed by atoms with Gasteiger partial charge >= 0.3 is 0 Å². The van der Waals surface area contributed by atoms with E-state index in [0.29, 0.717) is 17.3 Å². The molecule has 1 aliphatic heterocycles. The molecule has 0 aromatic heterocycles. The molecule has 6 heteroatoms. The number of para-hydroxylation sites is 1. The van der Waals surface area contributed by atoms with E-state index in [1.54, 1.807) is 6.07 Å². The van der Waals surface area contributed by atoms with Crippen LogP contribution in [0.2, 0.25) is 10.0 Å². The minimum absolute atomic E-state index is 0.0117. The number of amides is 1. The number of carbonyl (C=O) groups is 1. The topological polar surface area (TPSA) is 38.0 Å². The van der Waals surface area contributed by atoms with E-state index in [4.69, 9.17) is 23.2 Å². The molecular formula is C19H23Cl2N3O+2. The van der Waals surface area contributed by atoms with Crippen LogP contribution in [0, 0.1) is 0 Å². The van der Waals surface area contributed by atoms with E-state index in [1.807, 2.05) is 36.4 Å². The van der Waals surface area contributed by atoms with Gasteiger partial charge in [0.2, 0.25) is 0 Å². The van der Waals surface area contributed by atoms with E-state index in [9.17, 15) is 4.79 Å². The molecule has 1 saturated heterocycles. The predicted octanol–water partition coefficient (Wildman–Crippen LogP) is 0.916. The molecule has 2 aromatic carbocycles. The Kier molecular flexibility index (Phi) is 6.32. The van der Waals surface area contributed by atoms with Crippen LogP contribution in [0.25, 0.3) is 0 Å². The highest BCUT2D eigenvalue weighted by Crippen LogP contribution is 2.19. The van der Waals surface area contributed by atoms with Gasteiger partial charge in [0, 0.05) is 10.6 Å². The number of carbonyl (C=O) groups excluding carboxylic acids is 1. The number of hydrogen-bond acceptors (Lipinski definition) is 1. The van der Waals surface area contributed by atoms with Crippen molar-refractivity contribution in [2.45, 2.75) is 6.54 Å². The summed E-state index contributed by atoms with van der Waals surface area (Å²) in [6.45, 7) is 5.47. The first-order valence-electron chi connectivity index (χ1n) is 8.57. The van der Waals surface area contributed by atoms with Crippen LogP contribution in [0.4, 0.5) is 5.69 Å². The lowest BCUT2D eigenvalue weighted by Gasteiger charge is -2.29. The SMILES string of the molecule is O=C(C[NH+]1CC[NH+](Cc2ccccc2Cl)CC1)Nc1ccccc1Cl. The molecule has 1 aliphatic rings. The molecule has 0 spiro atoms. The quantitative estimate of drug-likeness (QED) is 0.709. The number of piperazine rings is 1. The maximum absolute atomic E-state index is 12.2. The zero-order valence-corrected chi connectivity index (χ0v) is 15.5. The van der Waals surface area contributed by atoms with Crippen molar-refractivity contribution in [3.63, 3.8) is 0 Å². The molecule has 3 N–H and O–H groups in total. The molecule has 0 bridgehead atoms. The summed E-state index contributed by atoms with van der Waals surface area (Å²) in [6, 6.07) is 15.3. The van der Waals surface area contributed by atoms with Gasteiger partial charge in [-0.3, -0.25) is 4.79 Å². The van der Waals surface area contributed by atoms with Crippen molar-refractivity contribution in [3.05, 3.63) is 64.1 Å². The van der Waals surface area contributed by atoms with Crippen LogP contribution in [0.1, 0.15) is 5.56 Å². The fraction of sp³-hybridized carbons (Fsp3) is 0.316. The van der Waals surface area contributed by atoms with E-state index in [0.717, 1.165) is 37.7 Å². The summed E-state index contributed by atoms with van der Waals surface area (Å²) in [5.74, 6) is 0.0117. The molecule has 0 radical (unpaired) electrons. The van der Waals surface area contributed by atoms with E-state index in [-0.39, 0.29) is 5.91 Å². The second-order valence-corrected chi connectivity index (χ2v) is 7.29. The Morgan fingerprint density at radius 2 is 1.48 bits per heavy atom. The van der Waals surface area contributed by atoms with Crippen LogP contribution in [-0.2, 0) is 11.3 Å². The molecule has 132 valence electrons. The Morgan fingerprint density at radius 1 is 0.880 bits per heavy atom. The summed E-state index contributed by atoms with van der Waals surface area (Å²) >= 11 is 12.3. The fourth-order valence-corrected chi connectivity index (χ4v) is 3.59. The summed E-state index contributed by atoms with van der Waals surface area (Å²) in [6.07, 6.45) is 0. The lowest BCUT2D eigenvalue weighted by Crippen LogP contribution is -3.28. The van der Waals surface area contributed by atoms with Gasteiger partial charge in [-0.25, -0.2) is 0 Å². The number of rotatable bonds is 5. The second-order valence-electron chi connectivity index (χ2n) is 6.47. The van der Waals surface area contributed by atoms with Gasteiger partial charge < -0.3 is 15.1 Å². The lowest BCUT2D eigenvalue weighted by atomic mass is 10.2. The number of hydrogen-bond donors (Lipinski definition) is 3. The van der Waals surface area contributed by atoms with Crippen LogP contribution < -0.4 is 15.1 Å². The molecule has 1 amide bonds. The van der Waals surface area contributed by atoms with E-state index in [2.05, 4.69) is 11.4 Å². The van der Waals surface area contributed by atoms with Gasteiger partial charge in [-0.1, -0.05) is 53.5 Å². The van der Waals surface area contributed by atoms with Crippen molar-refractivity contribution in [2.24, 2.45) is 0 Å². The first-order valence-corrected chi connectivity index (χ1v) is 9.32. The van der Waals surface area contributed by atoms with Crippen molar-refractivity contribution in [1.82, 2.24) is 0 Å². The van der Waals surface area contributed by atoms with Crippen molar-refractivity contribution in [2.75, 3.05) is 38.0 Å². The summed E-state index contributed by atoms with van der Waals surface area (Å²) in [4.78, 5) is 15.1. The highest BCUT2D eigenvalue weighted by atomic mass is 35.5. The largest absolute Gasteiger partial charge is 0.322 e. The van der Waals surface area contributed by atoms with Crippen molar-refractivity contribution in [1.29, 1.82) is 0 Å². The zero-order valence-electron chi connectivity index (χ0n) is 14.0. The molecule has 4 nitrogen and oxygen atoms in total. The summed E-state index contributed by atoms with van der Waals surface area (Å²) in [5.41, 5.74) is 1.87. The third-order valence-corrected chi connectivity index (χ3v) is 5.32. The zero-order chi connectivity index (χ0) is 17.6. The van der Waals surface area contributed by atoms with Crippen LogP contribution >= 0.6 is 23.2 Å². The van der Waals surface area contributed by atoms with Crippen molar-refractivity contribution in [3.8, 4) is 0 Å². The third kappa shape index (κ3) is 5.19. The summed E-state index contributed by atoms with van der Waals surface area (Å²) in [5, 5.41) is 4.31. The fourth-order valence-electron chi connectivity index (χ4n) is 3.21. The molecule has 0 saturated carbocycles. The third-order valence-electron chi connectivity index (χ3n) is 4.62. The van der Waals surface area contributed by atoms with Crippen LogP contribution in [-0.4, -0.2) is 38.6 Å². The maximum atomic E-state index is 12.2. The Hall–Kier alpha value is -1.59. The first kappa shape index (κ1) is 18.2. The minimum atomic E-state index is 0.0117. The van der Waals surface area contributed by atoms with Gasteiger partial charge in [0.25, 0.3) is 5.91 Å². The minimum Gasteiger partial charge on any atom is -0.322 e. The predicted molar refractivity (Wildman–Crippen MR) is 101 cm³/mol. The van der Waals surface area contributed by atoms with Gasteiger partial charge in [0.1, 0.15) is 32.7 Å². The molecule has 25 heavy (non-hydrogen) atoms. The van der Waals surface area contributed by atoms with Crippen LogP contribution in [0.15, 0.2) is 48.5 Å². The van der Waals surface area contributed by atoms with E-state index >= 15 is 0 Å². The van der Waals surface area contributed by atoms with E-state index < -0.39 is 0 Å². The normalized spacial score (nSPS) is 20.2. The van der Waals surface area contributed by atoms with Crippen LogP contribution in [0.3, 0.4) is 0 Å². The van der Waals surface area contributed by atoms with Crippen molar-refractivity contribution < 1.29 is 14.6 Å². The standard InChI is InChI=1S/C19H21Cl2N3O/c20-16-6-2-1-5-15(16)13-23-9-11-24(12-10-23)14-19(25)22-18-8-4-3-7-17(18)21/h1-8H,9-14H2,(H,22,25)/p+2. The molecule has 2 aromatic rings. The highest BCUT2D eigenvalue weighted by Gasteiger charge is 2.25. The Bertz CT molecular complexity index is 730. The molecule has 0 unspecified atom stereocenters. The summed E-state index contributed by atoms with van der Waals surface area (Å²) < 4.78 is 0. The molecule has 1 heterocycles. The van der Waals surface area contributed by atoms with Gasteiger partial charge in [-0.15, -0.1) is 0 Å². The average molecular weight is 380 g/mol. The number of nitrogens with one attached hydrogen (secondary N) is 3. The Labute approximate surface area is 158 Å². The molecule has 0 aliphatic carbocycles.